The van der Waals surface area contributed by atoms with Crippen LogP contribution in [0.2, 0.25) is 0 Å². The highest BCUT2D eigenvalue weighted by Gasteiger charge is 2.27. The molecule has 0 bridgehead atoms. The summed E-state index contributed by atoms with van der Waals surface area (Å²) in [6.07, 6.45) is 0. The molecule has 2 aromatic rings. The zero-order chi connectivity index (χ0) is 16.3. The van der Waals surface area contributed by atoms with Crippen LogP contribution in [0.5, 0.6) is 0 Å². The first-order chi connectivity index (χ1) is 11.0. The molecule has 122 valence electrons. The Morgan fingerprint density at radius 2 is 1.48 bits per heavy atom. The Hall–Kier alpha value is -1.92. The second-order valence-electron chi connectivity index (χ2n) is 5.60. The van der Waals surface area contributed by atoms with Crippen molar-refractivity contribution in [2.24, 2.45) is 0 Å². The van der Waals surface area contributed by atoms with Gasteiger partial charge in [0.25, 0.3) is 0 Å². The molecular weight excluding hydrogens is 315 g/mol. The van der Waals surface area contributed by atoms with E-state index in [1.165, 1.54) is 28.6 Å². The number of rotatable bonds is 4. The Kier molecular flexibility index (Phi) is 4.63. The number of hydrogen-bond donors (Lipinski definition) is 0. The summed E-state index contributed by atoms with van der Waals surface area (Å²) in [4.78, 5) is 2.18. The standard InChI is InChI=1S/C17H19FN2O2S/c18-16-8-6-15(7-9-16)14-23(21,22)20-12-10-19(11-13-20)17-4-2-1-3-5-17/h1-9H,10-14H2. The van der Waals surface area contributed by atoms with E-state index in [9.17, 15) is 12.8 Å². The number of sulfonamides is 1. The molecule has 1 heterocycles. The van der Waals surface area contributed by atoms with Crippen LogP contribution in [-0.4, -0.2) is 38.9 Å². The molecule has 0 spiro atoms. The Labute approximate surface area is 136 Å². The summed E-state index contributed by atoms with van der Waals surface area (Å²) in [6.45, 7) is 2.29. The highest BCUT2D eigenvalue weighted by Crippen LogP contribution is 2.19. The molecular formula is C17H19FN2O2S. The molecule has 0 unspecified atom stereocenters. The van der Waals surface area contributed by atoms with Gasteiger partial charge in [0, 0.05) is 31.9 Å². The lowest BCUT2D eigenvalue weighted by Gasteiger charge is -2.35. The van der Waals surface area contributed by atoms with Gasteiger partial charge >= 0.3 is 0 Å². The van der Waals surface area contributed by atoms with Gasteiger partial charge in [-0.15, -0.1) is 0 Å². The Morgan fingerprint density at radius 1 is 0.870 bits per heavy atom. The number of nitrogens with zero attached hydrogens (tertiary/aromatic N) is 2. The lowest BCUT2D eigenvalue weighted by molar-refractivity contribution is 0.384. The van der Waals surface area contributed by atoms with Gasteiger partial charge in [-0.3, -0.25) is 0 Å². The largest absolute Gasteiger partial charge is 0.369 e. The van der Waals surface area contributed by atoms with Gasteiger partial charge in [-0.1, -0.05) is 30.3 Å². The molecule has 2 aromatic carbocycles. The molecule has 0 aromatic heterocycles. The summed E-state index contributed by atoms with van der Waals surface area (Å²) in [5.41, 5.74) is 1.72. The van der Waals surface area contributed by atoms with Crippen LogP contribution in [0.4, 0.5) is 10.1 Å². The van der Waals surface area contributed by atoms with Crippen LogP contribution < -0.4 is 4.90 Å². The van der Waals surface area contributed by atoms with E-state index in [1.54, 1.807) is 0 Å². The van der Waals surface area contributed by atoms with E-state index in [0.29, 0.717) is 31.7 Å². The first-order valence-corrected chi connectivity index (χ1v) is 9.18. The Bertz CT molecular complexity index is 740. The SMILES string of the molecule is O=S(=O)(Cc1ccc(F)cc1)N1CCN(c2ccccc2)CC1. The van der Waals surface area contributed by atoms with Gasteiger partial charge in [0.1, 0.15) is 5.82 Å². The summed E-state index contributed by atoms with van der Waals surface area (Å²) in [6, 6.07) is 15.6. The third-order valence-electron chi connectivity index (χ3n) is 4.02. The van der Waals surface area contributed by atoms with Crippen LogP contribution >= 0.6 is 0 Å². The van der Waals surface area contributed by atoms with Crippen molar-refractivity contribution in [3.05, 3.63) is 66.0 Å². The maximum absolute atomic E-state index is 12.9. The van der Waals surface area contributed by atoms with E-state index < -0.39 is 10.0 Å². The first kappa shape index (κ1) is 16.0. The van der Waals surface area contributed by atoms with Gasteiger partial charge in [0.15, 0.2) is 0 Å². The highest BCUT2D eigenvalue weighted by atomic mass is 32.2. The van der Waals surface area contributed by atoms with E-state index in [0.717, 1.165) is 5.69 Å². The molecule has 6 heteroatoms. The molecule has 1 aliphatic rings. The summed E-state index contributed by atoms with van der Waals surface area (Å²) in [7, 11) is -3.37. The third kappa shape index (κ3) is 3.89. The summed E-state index contributed by atoms with van der Waals surface area (Å²) < 4.78 is 39.4. The van der Waals surface area contributed by atoms with Gasteiger partial charge < -0.3 is 4.90 Å². The quantitative estimate of drug-likeness (QED) is 0.862. The van der Waals surface area contributed by atoms with Crippen LogP contribution in [0.15, 0.2) is 54.6 Å². The first-order valence-electron chi connectivity index (χ1n) is 7.57. The monoisotopic (exact) mass is 334 g/mol. The molecule has 1 aliphatic heterocycles. The smallest absolute Gasteiger partial charge is 0.218 e. The predicted molar refractivity (Wildman–Crippen MR) is 89.3 cm³/mol. The number of anilines is 1. The van der Waals surface area contributed by atoms with Gasteiger partial charge in [-0.2, -0.15) is 4.31 Å². The molecule has 1 saturated heterocycles. The van der Waals surface area contributed by atoms with Gasteiger partial charge in [0.2, 0.25) is 10.0 Å². The van der Waals surface area contributed by atoms with Crippen LogP contribution in [0.25, 0.3) is 0 Å². The van der Waals surface area contributed by atoms with E-state index in [-0.39, 0.29) is 11.6 Å². The fourth-order valence-corrected chi connectivity index (χ4v) is 4.26. The minimum absolute atomic E-state index is 0.0847. The fourth-order valence-electron chi connectivity index (χ4n) is 2.75. The number of benzene rings is 2. The van der Waals surface area contributed by atoms with Crippen molar-refractivity contribution in [2.75, 3.05) is 31.1 Å². The molecule has 0 atom stereocenters. The zero-order valence-corrected chi connectivity index (χ0v) is 13.5. The van der Waals surface area contributed by atoms with Crippen molar-refractivity contribution in [1.82, 2.24) is 4.31 Å². The molecule has 4 nitrogen and oxygen atoms in total. The topological polar surface area (TPSA) is 40.6 Å². The van der Waals surface area contributed by atoms with Gasteiger partial charge in [-0.25, -0.2) is 12.8 Å². The average molecular weight is 334 g/mol. The molecule has 0 saturated carbocycles. The molecule has 3 rings (SSSR count). The highest BCUT2D eigenvalue weighted by molar-refractivity contribution is 7.88. The van der Waals surface area contributed by atoms with Crippen molar-refractivity contribution in [3.63, 3.8) is 0 Å². The molecule has 0 N–H and O–H groups in total. The van der Waals surface area contributed by atoms with Crippen molar-refractivity contribution in [3.8, 4) is 0 Å². The zero-order valence-electron chi connectivity index (χ0n) is 12.7. The van der Waals surface area contributed by atoms with Gasteiger partial charge in [-0.05, 0) is 29.8 Å². The van der Waals surface area contributed by atoms with Crippen LogP contribution in [0.1, 0.15) is 5.56 Å². The third-order valence-corrected chi connectivity index (χ3v) is 5.87. The van der Waals surface area contributed by atoms with Crippen LogP contribution in [0, 0.1) is 5.82 Å². The van der Waals surface area contributed by atoms with Crippen LogP contribution in [-0.2, 0) is 15.8 Å². The Balaban J connectivity index is 1.63. The molecule has 0 radical (unpaired) electrons. The summed E-state index contributed by atoms with van der Waals surface area (Å²) in [5, 5.41) is 0. The number of para-hydroxylation sites is 1. The van der Waals surface area contributed by atoms with Crippen molar-refractivity contribution in [2.45, 2.75) is 5.75 Å². The molecule has 23 heavy (non-hydrogen) atoms. The summed E-state index contributed by atoms with van der Waals surface area (Å²) in [5.74, 6) is -0.443. The molecule has 0 amide bonds. The van der Waals surface area contributed by atoms with Crippen molar-refractivity contribution >= 4 is 15.7 Å². The minimum Gasteiger partial charge on any atom is -0.369 e. The maximum atomic E-state index is 12.9. The second-order valence-corrected chi connectivity index (χ2v) is 7.57. The van der Waals surface area contributed by atoms with Gasteiger partial charge in [0.05, 0.1) is 5.75 Å². The predicted octanol–water partition coefficient (Wildman–Crippen LogP) is 2.48. The minimum atomic E-state index is -3.37. The van der Waals surface area contributed by atoms with E-state index >= 15 is 0 Å². The summed E-state index contributed by atoms with van der Waals surface area (Å²) >= 11 is 0. The molecule has 1 fully saturated rings. The normalized spacial score (nSPS) is 16.5. The molecule has 0 aliphatic carbocycles. The number of piperazine rings is 1. The fraction of sp³-hybridized carbons (Fsp3) is 0.294. The lowest BCUT2D eigenvalue weighted by atomic mass is 10.2. The Morgan fingerprint density at radius 3 is 2.09 bits per heavy atom. The average Bonchev–Trinajstić information content (AvgIpc) is 2.58. The maximum Gasteiger partial charge on any atom is 0.218 e. The van der Waals surface area contributed by atoms with E-state index in [2.05, 4.69) is 4.90 Å². The van der Waals surface area contributed by atoms with E-state index in [1.807, 2.05) is 30.3 Å². The van der Waals surface area contributed by atoms with Crippen molar-refractivity contribution in [1.29, 1.82) is 0 Å². The number of halogens is 1. The number of hydrogen-bond acceptors (Lipinski definition) is 3. The second kappa shape index (κ2) is 6.68. The van der Waals surface area contributed by atoms with Crippen LogP contribution in [0.3, 0.4) is 0 Å². The van der Waals surface area contributed by atoms with E-state index in [4.69, 9.17) is 0 Å². The van der Waals surface area contributed by atoms with Crippen molar-refractivity contribution < 1.29 is 12.8 Å². The lowest BCUT2D eigenvalue weighted by Crippen LogP contribution is -2.49.